The minimum atomic E-state index is 0.684. The molecule has 6 heteroatoms. The highest BCUT2D eigenvalue weighted by Gasteiger charge is 2.04. The molecule has 2 heterocycles. The maximum Gasteiger partial charge on any atom is 0.175 e. The molecule has 0 aliphatic carbocycles. The average Bonchev–Trinajstić information content (AvgIpc) is 2.67. The predicted molar refractivity (Wildman–Crippen MR) is 57.4 cm³/mol. The molecular weight excluding hydrogens is 198 g/mol. The summed E-state index contributed by atoms with van der Waals surface area (Å²) in [5, 5.41) is 3.21. The topological polar surface area (TPSA) is 76.7 Å². The Bertz CT molecular complexity index is 413. The van der Waals surface area contributed by atoms with Gasteiger partial charge in [0.2, 0.25) is 0 Å². The Labute approximate surface area is 85.4 Å². The van der Waals surface area contributed by atoms with Crippen molar-refractivity contribution in [3.05, 3.63) is 11.8 Å². The molecule has 0 saturated heterocycles. The fourth-order valence-corrected chi connectivity index (χ4v) is 1.83. The predicted octanol–water partition coefficient (Wildman–Crippen LogP) is 0.847. The molecule has 0 bridgehead atoms. The summed E-state index contributed by atoms with van der Waals surface area (Å²) in [7, 11) is 0. The second-order valence-electron chi connectivity index (χ2n) is 2.80. The van der Waals surface area contributed by atoms with Gasteiger partial charge in [0.05, 0.1) is 5.51 Å². The number of anilines is 1. The summed E-state index contributed by atoms with van der Waals surface area (Å²) in [4.78, 5) is 12.3. The van der Waals surface area contributed by atoms with Gasteiger partial charge in [0, 0.05) is 6.54 Å². The summed E-state index contributed by atoms with van der Waals surface area (Å²) >= 11 is 1.54. The molecule has 0 aliphatic heterocycles. The first kappa shape index (κ1) is 9.29. The molecular formula is C8H11N5S. The van der Waals surface area contributed by atoms with Crippen molar-refractivity contribution in [2.45, 2.75) is 6.42 Å². The van der Waals surface area contributed by atoms with Crippen molar-refractivity contribution >= 4 is 27.5 Å². The van der Waals surface area contributed by atoms with E-state index in [1.54, 1.807) is 16.8 Å². The molecule has 5 nitrogen and oxygen atoms in total. The molecule has 2 rings (SSSR count). The first-order valence-electron chi connectivity index (χ1n) is 4.40. The molecule has 14 heavy (non-hydrogen) atoms. The molecule has 74 valence electrons. The van der Waals surface area contributed by atoms with Gasteiger partial charge in [0.1, 0.15) is 16.8 Å². The number of rotatable bonds is 4. The van der Waals surface area contributed by atoms with Gasteiger partial charge in [-0.15, -0.1) is 11.3 Å². The van der Waals surface area contributed by atoms with E-state index in [0.29, 0.717) is 6.54 Å². The van der Waals surface area contributed by atoms with Crippen LogP contribution in [0.5, 0.6) is 0 Å². The smallest absolute Gasteiger partial charge is 0.175 e. The minimum Gasteiger partial charge on any atom is -0.369 e. The van der Waals surface area contributed by atoms with Crippen LogP contribution in [0.25, 0.3) is 10.3 Å². The van der Waals surface area contributed by atoms with Gasteiger partial charge < -0.3 is 11.1 Å². The third-order valence-electron chi connectivity index (χ3n) is 1.80. The zero-order valence-electron chi connectivity index (χ0n) is 7.60. The van der Waals surface area contributed by atoms with E-state index in [0.717, 1.165) is 29.1 Å². The molecule has 0 unspecified atom stereocenters. The maximum atomic E-state index is 5.40. The largest absolute Gasteiger partial charge is 0.369 e. The van der Waals surface area contributed by atoms with Crippen LogP contribution in [-0.4, -0.2) is 28.0 Å². The molecule has 3 N–H and O–H groups in total. The fourth-order valence-electron chi connectivity index (χ4n) is 1.13. The monoisotopic (exact) mass is 209 g/mol. The number of nitrogens with two attached hydrogens (primary N) is 1. The Morgan fingerprint density at radius 1 is 1.36 bits per heavy atom. The van der Waals surface area contributed by atoms with Gasteiger partial charge in [-0.25, -0.2) is 15.0 Å². The number of fused-ring (bicyclic) bond motifs is 1. The second kappa shape index (κ2) is 4.30. The van der Waals surface area contributed by atoms with Crippen LogP contribution in [0.4, 0.5) is 5.82 Å². The van der Waals surface area contributed by atoms with Crippen LogP contribution in [0.3, 0.4) is 0 Å². The molecule has 2 aromatic rings. The summed E-state index contributed by atoms with van der Waals surface area (Å²) in [5.74, 6) is 0.853. The van der Waals surface area contributed by atoms with Gasteiger partial charge in [-0.1, -0.05) is 0 Å². The molecule has 0 aromatic carbocycles. The normalized spacial score (nSPS) is 10.6. The average molecular weight is 209 g/mol. The quantitative estimate of drug-likeness (QED) is 0.730. The lowest BCUT2D eigenvalue weighted by atomic mass is 10.4. The van der Waals surface area contributed by atoms with E-state index in [4.69, 9.17) is 5.73 Å². The van der Waals surface area contributed by atoms with Crippen molar-refractivity contribution in [3.8, 4) is 0 Å². The van der Waals surface area contributed by atoms with Gasteiger partial charge in [0.25, 0.3) is 0 Å². The zero-order chi connectivity index (χ0) is 9.80. The number of hydrogen-bond acceptors (Lipinski definition) is 6. The van der Waals surface area contributed by atoms with Gasteiger partial charge in [0.15, 0.2) is 5.65 Å². The fraction of sp³-hybridized carbons (Fsp3) is 0.375. The maximum absolute atomic E-state index is 5.40. The van der Waals surface area contributed by atoms with Crippen molar-refractivity contribution in [2.75, 3.05) is 18.4 Å². The van der Waals surface area contributed by atoms with Gasteiger partial charge in [-0.3, -0.25) is 0 Å². The first-order chi connectivity index (χ1) is 6.92. The van der Waals surface area contributed by atoms with Crippen molar-refractivity contribution in [1.29, 1.82) is 0 Å². The van der Waals surface area contributed by atoms with Gasteiger partial charge in [-0.2, -0.15) is 0 Å². The molecule has 0 spiro atoms. The van der Waals surface area contributed by atoms with E-state index < -0.39 is 0 Å². The Balaban J connectivity index is 2.19. The Morgan fingerprint density at radius 3 is 3.14 bits per heavy atom. The number of nitrogens with zero attached hydrogens (tertiary/aromatic N) is 3. The Hall–Kier alpha value is -1.27. The molecule has 0 saturated carbocycles. The van der Waals surface area contributed by atoms with E-state index in [2.05, 4.69) is 20.3 Å². The van der Waals surface area contributed by atoms with Crippen molar-refractivity contribution in [3.63, 3.8) is 0 Å². The van der Waals surface area contributed by atoms with Crippen LogP contribution in [0.1, 0.15) is 6.42 Å². The van der Waals surface area contributed by atoms with Crippen LogP contribution in [0.15, 0.2) is 11.8 Å². The van der Waals surface area contributed by atoms with E-state index >= 15 is 0 Å². The van der Waals surface area contributed by atoms with Crippen LogP contribution in [0.2, 0.25) is 0 Å². The van der Waals surface area contributed by atoms with Crippen LogP contribution in [0, 0.1) is 0 Å². The summed E-state index contributed by atoms with van der Waals surface area (Å²) < 4.78 is 1.00. The minimum absolute atomic E-state index is 0.684. The van der Waals surface area contributed by atoms with Crippen molar-refractivity contribution in [2.24, 2.45) is 5.73 Å². The number of hydrogen-bond donors (Lipinski definition) is 2. The highest BCUT2D eigenvalue weighted by molar-refractivity contribution is 7.17. The van der Waals surface area contributed by atoms with E-state index in [9.17, 15) is 0 Å². The molecule has 0 amide bonds. The van der Waals surface area contributed by atoms with Crippen molar-refractivity contribution in [1.82, 2.24) is 15.0 Å². The van der Waals surface area contributed by atoms with Crippen LogP contribution in [-0.2, 0) is 0 Å². The summed E-state index contributed by atoms with van der Waals surface area (Å²) in [5.41, 5.74) is 7.92. The number of thiazole rings is 1. The lowest BCUT2D eigenvalue weighted by Crippen LogP contribution is -2.09. The molecule has 2 aromatic heterocycles. The third-order valence-corrected chi connectivity index (χ3v) is 2.63. The van der Waals surface area contributed by atoms with Gasteiger partial charge >= 0.3 is 0 Å². The third kappa shape index (κ3) is 1.80. The highest BCUT2D eigenvalue weighted by atomic mass is 32.1. The highest BCUT2D eigenvalue weighted by Crippen LogP contribution is 2.21. The van der Waals surface area contributed by atoms with E-state index in [-0.39, 0.29) is 0 Å². The number of aromatic nitrogens is 3. The van der Waals surface area contributed by atoms with Crippen molar-refractivity contribution < 1.29 is 0 Å². The molecule has 0 aliphatic rings. The standard InChI is InChI=1S/C8H11N5S/c9-2-1-3-10-7-6-8(12-4-11-7)13-5-14-6/h4-5H,1-3,9H2,(H,10,11,12). The lowest BCUT2D eigenvalue weighted by Gasteiger charge is -2.03. The molecule has 0 radical (unpaired) electrons. The summed E-state index contributed by atoms with van der Waals surface area (Å²) in [6, 6.07) is 0. The lowest BCUT2D eigenvalue weighted by molar-refractivity contribution is 0.871. The SMILES string of the molecule is NCCCNc1ncnc2ncsc12. The molecule has 0 atom stereocenters. The van der Waals surface area contributed by atoms with E-state index in [1.165, 1.54) is 6.33 Å². The molecule has 0 fully saturated rings. The second-order valence-corrected chi connectivity index (χ2v) is 3.65. The Morgan fingerprint density at radius 2 is 2.29 bits per heavy atom. The van der Waals surface area contributed by atoms with Crippen LogP contribution >= 0.6 is 11.3 Å². The Kier molecular flexibility index (Phi) is 2.85. The number of nitrogens with one attached hydrogen (secondary N) is 1. The van der Waals surface area contributed by atoms with E-state index in [1.807, 2.05) is 0 Å². The van der Waals surface area contributed by atoms with Gasteiger partial charge in [-0.05, 0) is 13.0 Å². The summed E-state index contributed by atoms with van der Waals surface area (Å²) in [6.45, 7) is 1.52. The zero-order valence-corrected chi connectivity index (χ0v) is 8.42. The first-order valence-corrected chi connectivity index (χ1v) is 5.28. The van der Waals surface area contributed by atoms with Crippen LogP contribution < -0.4 is 11.1 Å². The summed E-state index contributed by atoms with van der Waals surface area (Å²) in [6.07, 6.45) is 2.46.